The first-order valence-corrected chi connectivity index (χ1v) is 5.63. The number of aliphatic hydroxyl groups is 1. The summed E-state index contributed by atoms with van der Waals surface area (Å²) in [5.74, 6) is -1.71. The molecule has 1 unspecified atom stereocenters. The topological polar surface area (TPSA) is 62.5 Å². The number of hydrogen-bond donors (Lipinski definition) is 2. The Labute approximate surface area is 103 Å². The third-order valence-electron chi connectivity index (χ3n) is 2.86. The van der Waals surface area contributed by atoms with Crippen LogP contribution in [0.15, 0.2) is 24.3 Å². The van der Waals surface area contributed by atoms with Gasteiger partial charge in [0.2, 0.25) is 0 Å². The van der Waals surface area contributed by atoms with Gasteiger partial charge >= 0.3 is 5.97 Å². The van der Waals surface area contributed by atoms with E-state index in [1.54, 1.807) is 16.7 Å². The standard InChI is InChI=1S/C13H14FNO3/c1-7(2)15-10-6-9(14)4-3-8(10)5-11(15)12(16)13(17)18/h3-7,12,16H,1-2H3,(H,17,18). The Bertz CT molecular complexity index is 604. The van der Waals surface area contributed by atoms with Gasteiger partial charge in [0.25, 0.3) is 0 Å². The first-order chi connectivity index (χ1) is 8.41. The zero-order valence-corrected chi connectivity index (χ0v) is 10.1. The predicted octanol–water partition coefficient (Wildman–Crippen LogP) is 2.48. The Morgan fingerprint density at radius 1 is 1.33 bits per heavy atom. The minimum absolute atomic E-state index is 0.0756. The first-order valence-electron chi connectivity index (χ1n) is 5.63. The van der Waals surface area contributed by atoms with E-state index in [1.807, 2.05) is 13.8 Å². The molecule has 1 heterocycles. The second kappa shape index (κ2) is 4.42. The first kappa shape index (κ1) is 12.6. The second-order valence-electron chi connectivity index (χ2n) is 4.48. The molecule has 0 amide bonds. The lowest BCUT2D eigenvalue weighted by Crippen LogP contribution is -2.16. The van der Waals surface area contributed by atoms with E-state index in [0.29, 0.717) is 10.9 Å². The van der Waals surface area contributed by atoms with Crippen molar-refractivity contribution in [2.75, 3.05) is 0 Å². The molecule has 18 heavy (non-hydrogen) atoms. The number of fused-ring (bicyclic) bond motifs is 1. The van der Waals surface area contributed by atoms with E-state index >= 15 is 0 Å². The maximum absolute atomic E-state index is 13.3. The van der Waals surface area contributed by atoms with Crippen LogP contribution in [0.1, 0.15) is 31.7 Å². The van der Waals surface area contributed by atoms with Crippen LogP contribution in [0.5, 0.6) is 0 Å². The predicted molar refractivity (Wildman–Crippen MR) is 64.9 cm³/mol. The molecule has 0 spiro atoms. The van der Waals surface area contributed by atoms with Crippen molar-refractivity contribution >= 4 is 16.9 Å². The molecule has 0 aliphatic carbocycles. The molecule has 0 aliphatic rings. The smallest absolute Gasteiger partial charge is 0.338 e. The van der Waals surface area contributed by atoms with Crippen molar-refractivity contribution in [3.8, 4) is 0 Å². The largest absolute Gasteiger partial charge is 0.479 e. The SMILES string of the molecule is CC(C)n1c(C(O)C(=O)O)cc2ccc(F)cc21. The molecule has 1 atom stereocenters. The average Bonchev–Trinajstić information content (AvgIpc) is 2.65. The number of benzene rings is 1. The summed E-state index contributed by atoms with van der Waals surface area (Å²) >= 11 is 0. The van der Waals surface area contributed by atoms with Gasteiger partial charge in [-0.1, -0.05) is 0 Å². The molecule has 1 aromatic carbocycles. The van der Waals surface area contributed by atoms with Crippen LogP contribution >= 0.6 is 0 Å². The molecule has 5 heteroatoms. The minimum atomic E-state index is -1.61. The summed E-state index contributed by atoms with van der Waals surface area (Å²) in [5, 5.41) is 19.3. The maximum atomic E-state index is 13.3. The highest BCUT2D eigenvalue weighted by Crippen LogP contribution is 2.28. The maximum Gasteiger partial charge on any atom is 0.338 e. The molecule has 0 saturated carbocycles. The Balaban J connectivity index is 2.73. The van der Waals surface area contributed by atoms with Crippen LogP contribution in [0.3, 0.4) is 0 Å². The molecular weight excluding hydrogens is 237 g/mol. The molecule has 0 radical (unpaired) electrons. The summed E-state index contributed by atoms with van der Waals surface area (Å²) in [6, 6.07) is 5.72. The summed E-state index contributed by atoms with van der Waals surface area (Å²) in [4.78, 5) is 10.9. The van der Waals surface area contributed by atoms with Gasteiger partial charge in [0.05, 0.1) is 11.2 Å². The van der Waals surface area contributed by atoms with Gasteiger partial charge < -0.3 is 14.8 Å². The third kappa shape index (κ3) is 1.97. The van der Waals surface area contributed by atoms with Crippen molar-refractivity contribution in [3.63, 3.8) is 0 Å². The monoisotopic (exact) mass is 251 g/mol. The lowest BCUT2D eigenvalue weighted by Gasteiger charge is -2.16. The number of carboxylic acid groups (broad SMARTS) is 1. The molecule has 1 aromatic heterocycles. The highest BCUT2D eigenvalue weighted by atomic mass is 19.1. The molecule has 4 nitrogen and oxygen atoms in total. The lowest BCUT2D eigenvalue weighted by atomic mass is 10.2. The highest BCUT2D eigenvalue weighted by Gasteiger charge is 2.23. The zero-order valence-electron chi connectivity index (χ0n) is 10.1. The van der Waals surface area contributed by atoms with E-state index in [4.69, 9.17) is 5.11 Å². The third-order valence-corrected chi connectivity index (χ3v) is 2.86. The van der Waals surface area contributed by atoms with Gasteiger partial charge in [-0.2, -0.15) is 0 Å². The molecular formula is C13H14FNO3. The van der Waals surface area contributed by atoms with Crippen molar-refractivity contribution < 1.29 is 19.4 Å². The summed E-state index contributed by atoms with van der Waals surface area (Å²) in [7, 11) is 0. The van der Waals surface area contributed by atoms with E-state index in [1.165, 1.54) is 12.1 Å². The number of nitrogens with zero attached hydrogens (tertiary/aromatic N) is 1. The van der Waals surface area contributed by atoms with Gasteiger partial charge in [-0.25, -0.2) is 9.18 Å². The fraction of sp³-hybridized carbons (Fsp3) is 0.308. The number of rotatable bonds is 3. The van der Waals surface area contributed by atoms with Crippen LogP contribution in [0.4, 0.5) is 4.39 Å². The molecule has 2 aromatic rings. The molecule has 2 rings (SSSR count). The number of aliphatic carboxylic acids is 1. The van der Waals surface area contributed by atoms with Crippen molar-refractivity contribution in [2.45, 2.75) is 26.0 Å². The van der Waals surface area contributed by atoms with E-state index in [9.17, 15) is 14.3 Å². The lowest BCUT2D eigenvalue weighted by molar-refractivity contribution is -0.147. The van der Waals surface area contributed by atoms with E-state index < -0.39 is 12.1 Å². The average molecular weight is 251 g/mol. The van der Waals surface area contributed by atoms with Gasteiger partial charge in [0, 0.05) is 11.4 Å². The van der Waals surface area contributed by atoms with Crippen LogP contribution in [-0.2, 0) is 4.79 Å². The number of halogens is 1. The summed E-state index contributed by atoms with van der Waals surface area (Å²) in [6.07, 6.45) is -1.61. The normalized spacial score (nSPS) is 13.2. The van der Waals surface area contributed by atoms with Crippen molar-refractivity contribution in [1.29, 1.82) is 0 Å². The Morgan fingerprint density at radius 3 is 2.56 bits per heavy atom. The number of carboxylic acids is 1. The van der Waals surface area contributed by atoms with Crippen molar-refractivity contribution in [3.05, 3.63) is 35.8 Å². The van der Waals surface area contributed by atoms with Crippen LogP contribution in [0.25, 0.3) is 10.9 Å². The van der Waals surface area contributed by atoms with Gasteiger partial charge in [-0.3, -0.25) is 0 Å². The van der Waals surface area contributed by atoms with Crippen molar-refractivity contribution in [2.24, 2.45) is 0 Å². The van der Waals surface area contributed by atoms with E-state index in [2.05, 4.69) is 0 Å². The van der Waals surface area contributed by atoms with Gasteiger partial charge in [0.15, 0.2) is 6.10 Å². The summed E-state index contributed by atoms with van der Waals surface area (Å²) in [6.45, 7) is 3.70. The van der Waals surface area contributed by atoms with Crippen LogP contribution in [-0.4, -0.2) is 20.7 Å². The minimum Gasteiger partial charge on any atom is -0.479 e. The van der Waals surface area contributed by atoms with Gasteiger partial charge in [0.1, 0.15) is 5.82 Å². The zero-order chi connectivity index (χ0) is 13.4. The number of aliphatic hydroxyl groups excluding tert-OH is 1. The Hall–Kier alpha value is -1.88. The van der Waals surface area contributed by atoms with Gasteiger partial charge in [-0.15, -0.1) is 0 Å². The van der Waals surface area contributed by atoms with E-state index in [0.717, 1.165) is 0 Å². The Kier molecular flexibility index (Phi) is 3.09. The molecule has 0 aliphatic heterocycles. The quantitative estimate of drug-likeness (QED) is 0.880. The molecule has 96 valence electrons. The Morgan fingerprint density at radius 2 is 2.00 bits per heavy atom. The summed E-state index contributed by atoms with van der Waals surface area (Å²) in [5.41, 5.74) is 0.846. The number of carbonyl (C=O) groups is 1. The molecule has 0 fully saturated rings. The van der Waals surface area contributed by atoms with Crippen molar-refractivity contribution in [1.82, 2.24) is 4.57 Å². The van der Waals surface area contributed by atoms with E-state index in [-0.39, 0.29) is 17.6 Å². The van der Waals surface area contributed by atoms with Crippen LogP contribution < -0.4 is 0 Å². The number of hydrogen-bond acceptors (Lipinski definition) is 2. The molecule has 0 bridgehead atoms. The summed E-state index contributed by atoms with van der Waals surface area (Å²) < 4.78 is 14.9. The molecule has 2 N–H and O–H groups in total. The number of aromatic nitrogens is 1. The second-order valence-corrected chi connectivity index (χ2v) is 4.48. The van der Waals surface area contributed by atoms with Gasteiger partial charge in [-0.05, 0) is 38.1 Å². The fourth-order valence-electron chi connectivity index (χ4n) is 2.13. The van der Waals surface area contributed by atoms with Crippen LogP contribution in [0.2, 0.25) is 0 Å². The highest BCUT2D eigenvalue weighted by molar-refractivity contribution is 5.84. The fourth-order valence-corrected chi connectivity index (χ4v) is 2.13. The molecule has 0 saturated heterocycles. The van der Waals surface area contributed by atoms with Crippen LogP contribution in [0, 0.1) is 5.82 Å².